The number of pyridine rings is 1. The fourth-order valence-electron chi connectivity index (χ4n) is 1.51. The first kappa shape index (κ1) is 7.25. The van der Waals surface area contributed by atoms with Gasteiger partial charge in [-0.25, -0.2) is 9.97 Å². The lowest BCUT2D eigenvalue weighted by Gasteiger charge is -2.01. The minimum absolute atomic E-state index is 0.540. The van der Waals surface area contributed by atoms with Crippen molar-refractivity contribution in [2.45, 2.75) is 0 Å². The molecule has 68 valence electrons. The zero-order valence-electron chi connectivity index (χ0n) is 7.16. The average molecular weight is 186 g/mol. The van der Waals surface area contributed by atoms with Gasteiger partial charge < -0.3 is 5.21 Å². The molecule has 0 spiro atoms. The second-order valence-corrected chi connectivity index (χ2v) is 2.96. The lowest BCUT2D eigenvalue weighted by molar-refractivity contribution is -0.576. The van der Waals surface area contributed by atoms with Crippen molar-refractivity contribution < 1.29 is 4.73 Å². The van der Waals surface area contributed by atoms with Crippen LogP contribution in [-0.2, 0) is 0 Å². The largest absolute Gasteiger partial charge is 0.618 e. The average Bonchev–Trinajstić information content (AvgIpc) is 2.66. The van der Waals surface area contributed by atoms with Gasteiger partial charge in [-0.2, -0.15) is 4.73 Å². The lowest BCUT2D eigenvalue weighted by atomic mass is 10.4. The predicted molar refractivity (Wildman–Crippen MR) is 49.5 cm³/mol. The molecule has 0 aliphatic rings. The van der Waals surface area contributed by atoms with Crippen LogP contribution in [0.3, 0.4) is 0 Å². The number of hydrogen-bond donors (Lipinski definition) is 0. The van der Waals surface area contributed by atoms with Gasteiger partial charge >= 0.3 is 0 Å². The minimum Gasteiger partial charge on any atom is -0.618 e. The van der Waals surface area contributed by atoms with E-state index < -0.39 is 0 Å². The highest BCUT2D eigenvalue weighted by atomic mass is 16.5. The van der Waals surface area contributed by atoms with E-state index in [-0.39, 0.29) is 0 Å². The summed E-state index contributed by atoms with van der Waals surface area (Å²) in [6.07, 6.45) is 6.51. The van der Waals surface area contributed by atoms with Gasteiger partial charge in [0.15, 0.2) is 0 Å². The molecule has 0 unspecified atom stereocenters. The molecule has 0 atom stereocenters. The summed E-state index contributed by atoms with van der Waals surface area (Å²) >= 11 is 0. The van der Waals surface area contributed by atoms with Crippen molar-refractivity contribution in [2.75, 3.05) is 0 Å². The number of hydrogen-bond acceptors (Lipinski definition) is 3. The first-order chi connectivity index (χ1) is 6.86. The van der Waals surface area contributed by atoms with E-state index in [0.717, 1.165) is 4.73 Å². The Morgan fingerprint density at radius 2 is 2.21 bits per heavy atom. The number of aromatic nitrogens is 4. The molecule has 0 saturated carbocycles. The summed E-state index contributed by atoms with van der Waals surface area (Å²) in [4.78, 5) is 8.18. The fourth-order valence-corrected chi connectivity index (χ4v) is 1.51. The van der Waals surface area contributed by atoms with E-state index >= 15 is 0 Å². The highest BCUT2D eigenvalue weighted by Gasteiger charge is 2.09. The fraction of sp³-hybridized carbons (Fsp3) is 0. The quantitative estimate of drug-likeness (QED) is 0.380. The second kappa shape index (κ2) is 2.41. The summed E-state index contributed by atoms with van der Waals surface area (Å²) in [5, 5.41) is 11.5. The first-order valence-electron chi connectivity index (χ1n) is 4.16. The number of nitrogens with zero attached hydrogens (tertiary/aromatic N) is 4. The van der Waals surface area contributed by atoms with Gasteiger partial charge in [-0.15, -0.1) is 0 Å². The Bertz CT molecular complexity index is 616. The first-order valence-corrected chi connectivity index (χ1v) is 4.16. The summed E-state index contributed by atoms with van der Waals surface area (Å²) in [6.45, 7) is 0. The topological polar surface area (TPSA) is 57.1 Å². The molecule has 0 aliphatic carbocycles. The standard InChI is InChI=1S/C9H6N4O/c14-13-6-8-10-4-5-12(8)9-7(13)2-1-3-11-9/h1-6H. The van der Waals surface area contributed by atoms with Crippen LogP contribution in [0.15, 0.2) is 36.9 Å². The summed E-state index contributed by atoms with van der Waals surface area (Å²) in [5.41, 5.74) is 1.77. The van der Waals surface area contributed by atoms with Gasteiger partial charge in [-0.3, -0.25) is 4.40 Å². The molecule has 0 saturated heterocycles. The molecule has 0 N–H and O–H groups in total. The van der Waals surface area contributed by atoms with Gasteiger partial charge in [0, 0.05) is 24.7 Å². The molecule has 0 amide bonds. The minimum atomic E-state index is 0.540. The summed E-state index contributed by atoms with van der Waals surface area (Å²) in [5.74, 6) is 0. The Labute approximate surface area is 78.8 Å². The molecule has 3 aromatic heterocycles. The van der Waals surface area contributed by atoms with Crippen LogP contribution in [0.2, 0.25) is 0 Å². The molecule has 0 fully saturated rings. The monoisotopic (exact) mass is 186 g/mol. The summed E-state index contributed by atoms with van der Waals surface area (Å²) in [6, 6.07) is 3.47. The highest BCUT2D eigenvalue weighted by molar-refractivity contribution is 5.69. The molecule has 0 bridgehead atoms. The summed E-state index contributed by atoms with van der Waals surface area (Å²) < 4.78 is 2.56. The van der Waals surface area contributed by atoms with Crippen LogP contribution in [0.4, 0.5) is 0 Å². The molecular weight excluding hydrogens is 180 g/mol. The van der Waals surface area contributed by atoms with Crippen molar-refractivity contribution in [3.8, 4) is 0 Å². The van der Waals surface area contributed by atoms with Crippen LogP contribution in [0, 0.1) is 5.21 Å². The Morgan fingerprint density at radius 1 is 1.29 bits per heavy atom. The maximum Gasteiger partial charge on any atom is 0.260 e. The van der Waals surface area contributed by atoms with E-state index in [1.807, 2.05) is 0 Å². The molecule has 0 aliphatic heterocycles. The third-order valence-electron chi connectivity index (χ3n) is 2.13. The predicted octanol–water partition coefficient (Wildman–Crippen LogP) is 0.516. The molecular formula is C9H6N4O. The van der Waals surface area contributed by atoms with Crippen molar-refractivity contribution in [3.05, 3.63) is 42.1 Å². The zero-order chi connectivity index (χ0) is 9.54. The van der Waals surface area contributed by atoms with E-state index in [9.17, 15) is 5.21 Å². The molecule has 3 heterocycles. The van der Waals surface area contributed by atoms with Crippen molar-refractivity contribution >= 4 is 16.8 Å². The Kier molecular flexibility index (Phi) is 1.25. The SMILES string of the molecule is [O-][n+]1cc2nccn2c2ncccc21. The molecule has 5 nitrogen and oxygen atoms in total. The number of rotatable bonds is 0. The van der Waals surface area contributed by atoms with Gasteiger partial charge in [0.1, 0.15) is 0 Å². The van der Waals surface area contributed by atoms with E-state index in [2.05, 4.69) is 9.97 Å². The van der Waals surface area contributed by atoms with Gasteiger partial charge in [0.2, 0.25) is 17.5 Å². The Morgan fingerprint density at radius 3 is 3.14 bits per heavy atom. The van der Waals surface area contributed by atoms with Crippen molar-refractivity contribution in [2.24, 2.45) is 0 Å². The normalized spacial score (nSPS) is 11.1. The molecule has 5 heteroatoms. The van der Waals surface area contributed by atoms with Gasteiger partial charge in [0.25, 0.3) is 5.52 Å². The van der Waals surface area contributed by atoms with Crippen molar-refractivity contribution in [1.29, 1.82) is 0 Å². The molecule has 3 aromatic rings. The zero-order valence-corrected chi connectivity index (χ0v) is 7.16. The third-order valence-corrected chi connectivity index (χ3v) is 2.13. The van der Waals surface area contributed by atoms with Crippen LogP contribution < -0.4 is 4.73 Å². The molecule has 0 radical (unpaired) electrons. The van der Waals surface area contributed by atoms with E-state index in [4.69, 9.17) is 0 Å². The molecule has 3 rings (SSSR count). The van der Waals surface area contributed by atoms with E-state index in [0.29, 0.717) is 16.8 Å². The van der Waals surface area contributed by atoms with Gasteiger partial charge in [-0.05, 0) is 6.07 Å². The second-order valence-electron chi connectivity index (χ2n) is 2.96. The highest BCUT2D eigenvalue weighted by Crippen LogP contribution is 2.08. The Hall–Kier alpha value is -2.17. The van der Waals surface area contributed by atoms with Gasteiger partial charge in [-0.1, -0.05) is 0 Å². The van der Waals surface area contributed by atoms with E-state index in [1.165, 1.54) is 6.20 Å². The van der Waals surface area contributed by atoms with Crippen LogP contribution in [-0.4, -0.2) is 14.4 Å². The van der Waals surface area contributed by atoms with Gasteiger partial charge in [0.05, 0.1) is 0 Å². The Balaban J connectivity index is 2.67. The maximum absolute atomic E-state index is 11.5. The smallest absolute Gasteiger partial charge is 0.260 e. The molecule has 0 aromatic carbocycles. The number of imidazole rings is 1. The van der Waals surface area contributed by atoms with Crippen LogP contribution in [0.1, 0.15) is 0 Å². The molecule has 14 heavy (non-hydrogen) atoms. The van der Waals surface area contributed by atoms with Crippen LogP contribution in [0.25, 0.3) is 16.8 Å². The van der Waals surface area contributed by atoms with Crippen LogP contribution >= 0.6 is 0 Å². The maximum atomic E-state index is 11.5. The van der Waals surface area contributed by atoms with E-state index in [1.54, 1.807) is 35.1 Å². The lowest BCUT2D eigenvalue weighted by Crippen LogP contribution is -2.27. The van der Waals surface area contributed by atoms with Crippen molar-refractivity contribution in [1.82, 2.24) is 14.4 Å². The number of fused-ring (bicyclic) bond motifs is 3. The summed E-state index contributed by atoms with van der Waals surface area (Å²) in [7, 11) is 0. The van der Waals surface area contributed by atoms with Crippen molar-refractivity contribution in [3.63, 3.8) is 0 Å². The van der Waals surface area contributed by atoms with Crippen LogP contribution in [0.5, 0.6) is 0 Å². The third kappa shape index (κ3) is 0.806.